The molecule has 0 radical (unpaired) electrons. The molecule has 6 heteroatoms. The SMILES string of the molecule is O=C(NNC1=CCCC=C1)OC(CO)CO. The molecule has 4 N–H and O–H groups in total. The summed E-state index contributed by atoms with van der Waals surface area (Å²) in [5, 5.41) is 17.4. The number of nitrogens with one attached hydrogen (secondary N) is 2. The van der Waals surface area contributed by atoms with Crippen LogP contribution in [0.5, 0.6) is 0 Å². The number of aliphatic hydroxyl groups is 2. The lowest BCUT2D eigenvalue weighted by Gasteiger charge is -2.15. The number of allylic oxidation sites excluding steroid dienone is 3. The molecule has 1 amide bonds. The van der Waals surface area contributed by atoms with Crippen molar-refractivity contribution in [1.29, 1.82) is 0 Å². The third-order valence-electron chi connectivity index (χ3n) is 1.98. The molecule has 0 saturated heterocycles. The Balaban J connectivity index is 2.24. The highest BCUT2D eigenvalue weighted by Gasteiger charge is 2.11. The van der Waals surface area contributed by atoms with Crippen LogP contribution in [0.1, 0.15) is 12.8 Å². The number of amides is 1. The molecule has 90 valence electrons. The van der Waals surface area contributed by atoms with E-state index >= 15 is 0 Å². The number of carbonyl (C=O) groups excluding carboxylic acids is 1. The molecule has 0 spiro atoms. The number of hydrogen-bond donors (Lipinski definition) is 4. The van der Waals surface area contributed by atoms with E-state index in [4.69, 9.17) is 10.2 Å². The van der Waals surface area contributed by atoms with Crippen LogP contribution in [0.4, 0.5) is 4.79 Å². The molecule has 0 fully saturated rings. The maximum atomic E-state index is 11.1. The summed E-state index contributed by atoms with van der Waals surface area (Å²) in [4.78, 5) is 11.1. The van der Waals surface area contributed by atoms with Crippen molar-refractivity contribution in [3.63, 3.8) is 0 Å². The van der Waals surface area contributed by atoms with Crippen molar-refractivity contribution in [2.75, 3.05) is 13.2 Å². The minimum absolute atomic E-state index is 0.410. The van der Waals surface area contributed by atoms with Gasteiger partial charge in [-0.05, 0) is 18.9 Å². The standard InChI is InChI=1S/C10H16N2O4/c13-6-9(7-14)16-10(15)12-11-8-4-2-1-3-5-8/h2,4-5,9,11,13-14H,1,3,6-7H2,(H,12,15). The van der Waals surface area contributed by atoms with Gasteiger partial charge in [-0.15, -0.1) is 0 Å². The van der Waals surface area contributed by atoms with Crippen LogP contribution in [0.3, 0.4) is 0 Å². The molecule has 0 aliphatic heterocycles. The predicted molar refractivity (Wildman–Crippen MR) is 57.2 cm³/mol. The zero-order chi connectivity index (χ0) is 11.8. The van der Waals surface area contributed by atoms with Crippen LogP contribution in [0.15, 0.2) is 23.9 Å². The van der Waals surface area contributed by atoms with Crippen molar-refractivity contribution < 1.29 is 19.7 Å². The monoisotopic (exact) mass is 228 g/mol. The molecule has 0 unspecified atom stereocenters. The highest BCUT2D eigenvalue weighted by molar-refractivity contribution is 5.67. The van der Waals surface area contributed by atoms with Gasteiger partial charge < -0.3 is 14.9 Å². The largest absolute Gasteiger partial charge is 0.440 e. The fraction of sp³-hybridized carbons (Fsp3) is 0.500. The lowest BCUT2D eigenvalue weighted by molar-refractivity contribution is 0.0211. The van der Waals surface area contributed by atoms with Gasteiger partial charge in [-0.1, -0.05) is 12.2 Å². The van der Waals surface area contributed by atoms with Gasteiger partial charge >= 0.3 is 6.09 Å². The Morgan fingerprint density at radius 3 is 2.75 bits per heavy atom. The summed E-state index contributed by atoms with van der Waals surface area (Å²) >= 11 is 0. The molecule has 1 rings (SSSR count). The smallest absolute Gasteiger partial charge is 0.426 e. The van der Waals surface area contributed by atoms with Gasteiger partial charge in [0.05, 0.1) is 13.2 Å². The zero-order valence-electron chi connectivity index (χ0n) is 8.85. The molecular formula is C10H16N2O4. The number of ether oxygens (including phenoxy) is 1. The molecule has 0 bridgehead atoms. The summed E-state index contributed by atoms with van der Waals surface area (Å²) in [6, 6.07) is 0. The minimum Gasteiger partial charge on any atom is -0.440 e. The summed E-state index contributed by atoms with van der Waals surface area (Å²) in [5.74, 6) is 0. The summed E-state index contributed by atoms with van der Waals surface area (Å²) < 4.78 is 4.68. The van der Waals surface area contributed by atoms with Gasteiger partial charge in [0.1, 0.15) is 6.10 Å². The van der Waals surface area contributed by atoms with Crippen LogP contribution in [-0.4, -0.2) is 35.6 Å². The van der Waals surface area contributed by atoms with Crippen LogP contribution >= 0.6 is 0 Å². The predicted octanol–water partition coefficient (Wildman–Crippen LogP) is -0.196. The number of carbonyl (C=O) groups is 1. The second-order valence-corrected chi connectivity index (χ2v) is 3.28. The molecule has 0 atom stereocenters. The van der Waals surface area contributed by atoms with E-state index in [-0.39, 0.29) is 0 Å². The van der Waals surface area contributed by atoms with Gasteiger partial charge in [0.2, 0.25) is 0 Å². The van der Waals surface area contributed by atoms with Crippen LogP contribution in [-0.2, 0) is 4.74 Å². The Bertz CT molecular complexity index is 285. The van der Waals surface area contributed by atoms with Gasteiger partial charge in [-0.3, -0.25) is 5.43 Å². The van der Waals surface area contributed by atoms with Gasteiger partial charge in [0.15, 0.2) is 0 Å². The van der Waals surface area contributed by atoms with Crippen LogP contribution in [0.25, 0.3) is 0 Å². The quantitative estimate of drug-likeness (QED) is 0.489. The molecule has 0 aromatic heterocycles. The highest BCUT2D eigenvalue weighted by atomic mass is 16.6. The number of hydrazine groups is 1. The Hall–Kier alpha value is -1.53. The summed E-state index contributed by atoms with van der Waals surface area (Å²) in [7, 11) is 0. The molecule has 0 aromatic rings. The van der Waals surface area contributed by atoms with E-state index in [0.717, 1.165) is 18.5 Å². The van der Waals surface area contributed by atoms with Gasteiger partial charge in [-0.2, -0.15) is 0 Å². The second kappa shape index (κ2) is 6.86. The van der Waals surface area contributed by atoms with E-state index in [0.29, 0.717) is 0 Å². The van der Waals surface area contributed by atoms with Gasteiger partial charge in [0, 0.05) is 5.70 Å². The average molecular weight is 228 g/mol. The van der Waals surface area contributed by atoms with Gasteiger partial charge in [-0.25, -0.2) is 10.2 Å². The molecule has 16 heavy (non-hydrogen) atoms. The summed E-state index contributed by atoms with van der Waals surface area (Å²) in [5.41, 5.74) is 5.74. The first-order valence-electron chi connectivity index (χ1n) is 5.07. The molecule has 1 aliphatic carbocycles. The average Bonchev–Trinajstić information content (AvgIpc) is 2.34. The fourth-order valence-corrected chi connectivity index (χ4v) is 1.14. The van der Waals surface area contributed by atoms with Crippen molar-refractivity contribution in [2.24, 2.45) is 0 Å². The van der Waals surface area contributed by atoms with Crippen LogP contribution < -0.4 is 10.9 Å². The van der Waals surface area contributed by atoms with E-state index in [1.807, 2.05) is 18.2 Å². The van der Waals surface area contributed by atoms with Gasteiger partial charge in [0.25, 0.3) is 0 Å². The van der Waals surface area contributed by atoms with Crippen molar-refractivity contribution in [2.45, 2.75) is 18.9 Å². The van der Waals surface area contributed by atoms with Crippen molar-refractivity contribution >= 4 is 6.09 Å². The topological polar surface area (TPSA) is 90.8 Å². The van der Waals surface area contributed by atoms with Crippen LogP contribution in [0, 0.1) is 0 Å². The van der Waals surface area contributed by atoms with Crippen molar-refractivity contribution in [3.05, 3.63) is 23.9 Å². The van der Waals surface area contributed by atoms with Crippen molar-refractivity contribution in [3.8, 4) is 0 Å². The lowest BCUT2D eigenvalue weighted by atomic mass is 10.2. The molecule has 6 nitrogen and oxygen atoms in total. The third kappa shape index (κ3) is 4.33. The first kappa shape index (κ1) is 12.5. The number of aliphatic hydroxyl groups excluding tert-OH is 2. The molecule has 0 saturated carbocycles. The minimum atomic E-state index is -0.891. The summed E-state index contributed by atoms with van der Waals surface area (Å²) in [6.07, 6.45) is 6.05. The number of hydrogen-bond acceptors (Lipinski definition) is 5. The Kier molecular flexibility index (Phi) is 5.38. The normalized spacial score (nSPS) is 14.6. The van der Waals surface area contributed by atoms with Crippen LogP contribution in [0.2, 0.25) is 0 Å². The maximum Gasteiger partial charge on any atom is 0.426 e. The maximum absolute atomic E-state index is 11.1. The number of rotatable bonds is 5. The third-order valence-corrected chi connectivity index (χ3v) is 1.98. The molecular weight excluding hydrogens is 212 g/mol. The first-order valence-corrected chi connectivity index (χ1v) is 5.07. The Labute approximate surface area is 93.6 Å². The fourth-order valence-electron chi connectivity index (χ4n) is 1.14. The molecule has 0 aromatic carbocycles. The van der Waals surface area contributed by atoms with E-state index < -0.39 is 25.4 Å². The van der Waals surface area contributed by atoms with E-state index in [1.54, 1.807) is 0 Å². The summed E-state index contributed by atoms with van der Waals surface area (Å²) in [6.45, 7) is -0.820. The molecule has 0 heterocycles. The first-order chi connectivity index (χ1) is 7.76. The van der Waals surface area contributed by atoms with E-state index in [1.165, 1.54) is 0 Å². The molecule has 1 aliphatic rings. The lowest BCUT2D eigenvalue weighted by Crippen LogP contribution is -2.40. The van der Waals surface area contributed by atoms with E-state index in [9.17, 15) is 4.79 Å². The second-order valence-electron chi connectivity index (χ2n) is 3.28. The van der Waals surface area contributed by atoms with Crippen molar-refractivity contribution in [1.82, 2.24) is 10.9 Å². The zero-order valence-corrected chi connectivity index (χ0v) is 8.85. The Morgan fingerprint density at radius 2 is 2.19 bits per heavy atom. The highest BCUT2D eigenvalue weighted by Crippen LogP contribution is 2.05. The Morgan fingerprint density at radius 1 is 1.44 bits per heavy atom. The van der Waals surface area contributed by atoms with E-state index in [2.05, 4.69) is 15.6 Å².